The lowest BCUT2D eigenvalue weighted by atomic mass is 10.2. The van der Waals surface area contributed by atoms with Gasteiger partial charge in [0.15, 0.2) is 0 Å². The van der Waals surface area contributed by atoms with Crippen molar-refractivity contribution in [2.45, 2.75) is 31.2 Å². The molecular weight excluding hydrogens is 370 g/mol. The highest BCUT2D eigenvalue weighted by molar-refractivity contribution is 7.99. The Kier molecular flexibility index (Phi) is 7.14. The van der Waals surface area contributed by atoms with Crippen LogP contribution in [0.3, 0.4) is 0 Å². The maximum absolute atomic E-state index is 12.3. The van der Waals surface area contributed by atoms with Gasteiger partial charge in [0.05, 0.1) is 19.3 Å². The molecule has 0 saturated carbocycles. The molecule has 28 heavy (non-hydrogen) atoms. The van der Waals surface area contributed by atoms with Crippen molar-refractivity contribution in [3.63, 3.8) is 0 Å². The van der Waals surface area contributed by atoms with E-state index in [-0.39, 0.29) is 5.91 Å². The number of aryl methyl sites for hydroxylation is 1. The number of amides is 1. The van der Waals surface area contributed by atoms with Crippen LogP contribution in [0.25, 0.3) is 0 Å². The fourth-order valence-corrected chi connectivity index (χ4v) is 3.68. The summed E-state index contributed by atoms with van der Waals surface area (Å²) in [5.74, 6) is 2.51. The molecule has 0 aliphatic heterocycles. The van der Waals surface area contributed by atoms with E-state index in [0.29, 0.717) is 13.0 Å². The Morgan fingerprint density at radius 2 is 1.89 bits per heavy atom. The second-order valence-corrected chi connectivity index (χ2v) is 7.66. The van der Waals surface area contributed by atoms with Crippen LogP contribution in [0, 0.1) is 6.92 Å². The fraction of sp³-hybridized carbons (Fsp3) is 0.273. The van der Waals surface area contributed by atoms with Crippen LogP contribution >= 0.6 is 11.8 Å². The standard InChI is InChI=1S/C22H25N3O2S/c1-17-15-21(25(24-17)16-18-7-4-3-5-8-18)23-22(26)9-6-14-28-20-12-10-19(27-2)11-13-20/h3-5,7-8,10-13,15H,6,9,14,16H2,1-2H3,(H,23,26). The zero-order valence-corrected chi connectivity index (χ0v) is 17.0. The Balaban J connectivity index is 1.46. The third-order valence-corrected chi connectivity index (χ3v) is 5.32. The van der Waals surface area contributed by atoms with Gasteiger partial charge in [-0.3, -0.25) is 4.79 Å². The first-order valence-corrected chi connectivity index (χ1v) is 10.3. The predicted molar refractivity (Wildman–Crippen MR) is 114 cm³/mol. The van der Waals surface area contributed by atoms with Crippen molar-refractivity contribution in [1.29, 1.82) is 0 Å². The number of carbonyl (C=O) groups is 1. The van der Waals surface area contributed by atoms with Crippen LogP contribution in [0.15, 0.2) is 65.6 Å². The van der Waals surface area contributed by atoms with Crippen LogP contribution in [-0.4, -0.2) is 28.6 Å². The molecule has 0 bridgehead atoms. The minimum atomic E-state index is 0.0181. The number of methoxy groups -OCH3 is 1. The van der Waals surface area contributed by atoms with Gasteiger partial charge < -0.3 is 10.1 Å². The van der Waals surface area contributed by atoms with Crippen molar-refractivity contribution in [2.75, 3.05) is 18.2 Å². The molecule has 5 nitrogen and oxygen atoms in total. The van der Waals surface area contributed by atoms with Crippen molar-refractivity contribution in [2.24, 2.45) is 0 Å². The van der Waals surface area contributed by atoms with Gasteiger partial charge in [-0.1, -0.05) is 30.3 Å². The molecule has 6 heteroatoms. The van der Waals surface area contributed by atoms with E-state index in [2.05, 4.69) is 22.5 Å². The van der Waals surface area contributed by atoms with Gasteiger partial charge in [-0.2, -0.15) is 5.10 Å². The van der Waals surface area contributed by atoms with E-state index < -0.39 is 0 Å². The summed E-state index contributed by atoms with van der Waals surface area (Å²) in [7, 11) is 1.66. The minimum absolute atomic E-state index is 0.0181. The zero-order valence-electron chi connectivity index (χ0n) is 16.2. The summed E-state index contributed by atoms with van der Waals surface area (Å²) >= 11 is 1.74. The molecule has 0 fully saturated rings. The predicted octanol–water partition coefficient (Wildman–Crippen LogP) is 4.76. The van der Waals surface area contributed by atoms with Crippen LogP contribution < -0.4 is 10.1 Å². The van der Waals surface area contributed by atoms with Gasteiger partial charge in [-0.05, 0) is 48.9 Å². The maximum atomic E-state index is 12.3. The summed E-state index contributed by atoms with van der Waals surface area (Å²) in [4.78, 5) is 13.5. The number of anilines is 1. The van der Waals surface area contributed by atoms with Gasteiger partial charge >= 0.3 is 0 Å². The third kappa shape index (κ3) is 5.89. The highest BCUT2D eigenvalue weighted by Crippen LogP contribution is 2.22. The number of nitrogens with zero attached hydrogens (tertiary/aromatic N) is 2. The highest BCUT2D eigenvalue weighted by atomic mass is 32.2. The lowest BCUT2D eigenvalue weighted by Crippen LogP contribution is -2.16. The molecule has 0 aliphatic rings. The molecule has 2 aromatic carbocycles. The molecule has 0 spiro atoms. The van der Waals surface area contributed by atoms with E-state index in [9.17, 15) is 4.79 Å². The summed E-state index contributed by atoms with van der Waals surface area (Å²) in [5.41, 5.74) is 2.04. The molecule has 146 valence electrons. The molecular formula is C22H25N3O2S. The van der Waals surface area contributed by atoms with Crippen molar-refractivity contribution in [3.05, 3.63) is 71.9 Å². The number of thioether (sulfide) groups is 1. The van der Waals surface area contributed by atoms with Crippen LogP contribution in [0.4, 0.5) is 5.82 Å². The first-order chi connectivity index (χ1) is 13.6. The van der Waals surface area contributed by atoms with Crippen molar-refractivity contribution in [3.8, 4) is 5.75 Å². The summed E-state index contributed by atoms with van der Waals surface area (Å²) in [6, 6.07) is 20.0. The Morgan fingerprint density at radius 1 is 1.14 bits per heavy atom. The number of rotatable bonds is 9. The van der Waals surface area contributed by atoms with E-state index >= 15 is 0 Å². The number of benzene rings is 2. The molecule has 1 heterocycles. The first kappa shape index (κ1) is 20.0. The normalized spacial score (nSPS) is 10.6. The fourth-order valence-electron chi connectivity index (χ4n) is 2.82. The van der Waals surface area contributed by atoms with Gasteiger partial charge in [0.25, 0.3) is 0 Å². The van der Waals surface area contributed by atoms with E-state index in [1.54, 1.807) is 18.9 Å². The summed E-state index contributed by atoms with van der Waals surface area (Å²) in [6.07, 6.45) is 1.30. The topological polar surface area (TPSA) is 56.1 Å². The lowest BCUT2D eigenvalue weighted by Gasteiger charge is -2.09. The molecule has 0 radical (unpaired) electrons. The van der Waals surface area contributed by atoms with Crippen LogP contribution in [0.1, 0.15) is 24.1 Å². The van der Waals surface area contributed by atoms with Crippen molar-refractivity contribution >= 4 is 23.5 Å². The molecule has 1 amide bonds. The molecule has 0 saturated heterocycles. The SMILES string of the molecule is COc1ccc(SCCCC(=O)Nc2cc(C)nn2Cc2ccccc2)cc1. The highest BCUT2D eigenvalue weighted by Gasteiger charge is 2.10. The van der Waals surface area contributed by atoms with E-state index in [1.807, 2.05) is 60.1 Å². The smallest absolute Gasteiger partial charge is 0.225 e. The minimum Gasteiger partial charge on any atom is -0.497 e. The monoisotopic (exact) mass is 395 g/mol. The Labute approximate surface area is 170 Å². The number of hydrogen-bond acceptors (Lipinski definition) is 4. The van der Waals surface area contributed by atoms with Gasteiger partial charge in [-0.25, -0.2) is 4.68 Å². The molecule has 1 N–H and O–H groups in total. The Morgan fingerprint density at radius 3 is 2.61 bits per heavy atom. The lowest BCUT2D eigenvalue weighted by molar-refractivity contribution is -0.116. The molecule has 0 aliphatic carbocycles. The van der Waals surface area contributed by atoms with Gasteiger partial charge in [0, 0.05) is 17.4 Å². The number of ether oxygens (including phenoxy) is 1. The summed E-state index contributed by atoms with van der Waals surface area (Å²) in [5, 5.41) is 7.50. The van der Waals surface area contributed by atoms with Gasteiger partial charge in [0.1, 0.15) is 11.6 Å². The molecule has 3 rings (SSSR count). The van der Waals surface area contributed by atoms with Gasteiger partial charge in [-0.15, -0.1) is 11.8 Å². The third-order valence-electron chi connectivity index (χ3n) is 4.22. The summed E-state index contributed by atoms with van der Waals surface area (Å²) < 4.78 is 7.00. The van der Waals surface area contributed by atoms with Crippen molar-refractivity contribution < 1.29 is 9.53 Å². The zero-order chi connectivity index (χ0) is 19.8. The van der Waals surface area contributed by atoms with Crippen LogP contribution in [0.5, 0.6) is 5.75 Å². The first-order valence-electron chi connectivity index (χ1n) is 9.29. The van der Waals surface area contributed by atoms with Gasteiger partial charge in [0.2, 0.25) is 5.91 Å². The van der Waals surface area contributed by atoms with Crippen LogP contribution in [-0.2, 0) is 11.3 Å². The molecule has 1 aromatic heterocycles. The number of aromatic nitrogens is 2. The average molecular weight is 396 g/mol. The second-order valence-electron chi connectivity index (χ2n) is 6.49. The van der Waals surface area contributed by atoms with Crippen molar-refractivity contribution in [1.82, 2.24) is 9.78 Å². The number of carbonyl (C=O) groups excluding carboxylic acids is 1. The Hall–Kier alpha value is -2.73. The second kappa shape index (κ2) is 9.99. The van der Waals surface area contributed by atoms with E-state index in [1.165, 1.54) is 4.90 Å². The van der Waals surface area contributed by atoms with E-state index in [4.69, 9.17) is 4.74 Å². The Bertz CT molecular complexity index is 892. The largest absolute Gasteiger partial charge is 0.497 e. The number of hydrogen-bond donors (Lipinski definition) is 1. The summed E-state index contributed by atoms with van der Waals surface area (Å²) in [6.45, 7) is 2.57. The average Bonchev–Trinajstić information content (AvgIpc) is 3.05. The quantitative estimate of drug-likeness (QED) is 0.419. The number of nitrogens with one attached hydrogen (secondary N) is 1. The van der Waals surface area contributed by atoms with Crippen LogP contribution in [0.2, 0.25) is 0 Å². The maximum Gasteiger partial charge on any atom is 0.225 e. The molecule has 0 unspecified atom stereocenters. The van der Waals surface area contributed by atoms with E-state index in [0.717, 1.165) is 35.0 Å². The molecule has 0 atom stereocenters. The molecule has 3 aromatic rings.